The predicted molar refractivity (Wildman–Crippen MR) is 142 cm³/mol. The van der Waals surface area contributed by atoms with Gasteiger partial charge in [0.25, 0.3) is 0 Å². The SMILES string of the molecule is CCCC(=CCc1ccc(S(=O)(=O)c2ccc(CC=C(CCC)CCC)cc2)cc1)CCC. The van der Waals surface area contributed by atoms with Crippen molar-refractivity contribution in [3.05, 3.63) is 83.0 Å². The van der Waals surface area contributed by atoms with Crippen molar-refractivity contribution in [3.8, 4) is 0 Å². The summed E-state index contributed by atoms with van der Waals surface area (Å²) in [4.78, 5) is 0.719. The van der Waals surface area contributed by atoms with Crippen LogP contribution in [0.2, 0.25) is 0 Å². The highest BCUT2D eigenvalue weighted by Gasteiger charge is 2.17. The third kappa shape index (κ3) is 8.62. The fourth-order valence-corrected chi connectivity index (χ4v) is 5.47. The summed E-state index contributed by atoms with van der Waals surface area (Å²) in [5, 5.41) is 0. The van der Waals surface area contributed by atoms with E-state index in [1.807, 2.05) is 24.3 Å². The Hall–Kier alpha value is -2.13. The summed E-state index contributed by atoms with van der Waals surface area (Å²) in [5.41, 5.74) is 5.30. The van der Waals surface area contributed by atoms with E-state index in [0.717, 1.165) is 75.3 Å². The van der Waals surface area contributed by atoms with E-state index in [1.165, 1.54) is 11.1 Å². The first-order valence-electron chi connectivity index (χ1n) is 12.7. The van der Waals surface area contributed by atoms with E-state index >= 15 is 0 Å². The third-order valence-corrected chi connectivity index (χ3v) is 7.79. The van der Waals surface area contributed by atoms with Gasteiger partial charge in [-0.1, -0.05) is 101 Å². The molecule has 33 heavy (non-hydrogen) atoms. The van der Waals surface area contributed by atoms with Gasteiger partial charge in [-0.25, -0.2) is 8.42 Å². The van der Waals surface area contributed by atoms with Crippen LogP contribution < -0.4 is 0 Å². The molecule has 180 valence electrons. The summed E-state index contributed by atoms with van der Waals surface area (Å²) in [6, 6.07) is 14.8. The Balaban J connectivity index is 2.10. The zero-order chi connectivity index (χ0) is 24.1. The first-order chi connectivity index (χ1) is 15.9. The van der Waals surface area contributed by atoms with Crippen LogP contribution in [0, 0.1) is 0 Å². The minimum absolute atomic E-state index is 0.360. The molecule has 0 fully saturated rings. The maximum atomic E-state index is 13.1. The zero-order valence-corrected chi connectivity index (χ0v) is 21.9. The van der Waals surface area contributed by atoms with Gasteiger partial charge in [0.05, 0.1) is 9.79 Å². The van der Waals surface area contributed by atoms with Crippen molar-refractivity contribution < 1.29 is 8.42 Å². The molecular formula is C30H42O2S. The second kappa shape index (κ2) is 14.2. The normalized spacial score (nSPS) is 11.3. The lowest BCUT2D eigenvalue weighted by Crippen LogP contribution is -2.02. The molecule has 0 N–H and O–H groups in total. The second-order valence-corrected chi connectivity index (χ2v) is 10.9. The van der Waals surface area contributed by atoms with Crippen LogP contribution in [-0.2, 0) is 22.7 Å². The van der Waals surface area contributed by atoms with Crippen LogP contribution in [0.5, 0.6) is 0 Å². The smallest absolute Gasteiger partial charge is 0.206 e. The number of sulfone groups is 1. The monoisotopic (exact) mass is 466 g/mol. The van der Waals surface area contributed by atoms with Crippen molar-refractivity contribution in [2.24, 2.45) is 0 Å². The van der Waals surface area contributed by atoms with E-state index in [1.54, 1.807) is 24.3 Å². The Kier molecular flexibility index (Phi) is 11.7. The minimum atomic E-state index is -3.50. The summed E-state index contributed by atoms with van der Waals surface area (Å²) in [5.74, 6) is 0. The molecule has 0 aliphatic heterocycles. The summed E-state index contributed by atoms with van der Waals surface area (Å²) in [6.45, 7) is 8.84. The highest BCUT2D eigenvalue weighted by Crippen LogP contribution is 2.23. The molecule has 0 aromatic heterocycles. The van der Waals surface area contributed by atoms with Crippen molar-refractivity contribution >= 4 is 9.84 Å². The summed E-state index contributed by atoms with van der Waals surface area (Å²) < 4.78 is 26.2. The number of rotatable bonds is 14. The highest BCUT2D eigenvalue weighted by atomic mass is 32.2. The van der Waals surface area contributed by atoms with Crippen LogP contribution in [0.15, 0.2) is 81.6 Å². The number of hydrogen-bond donors (Lipinski definition) is 0. The molecular weight excluding hydrogens is 424 g/mol. The highest BCUT2D eigenvalue weighted by molar-refractivity contribution is 7.91. The fourth-order valence-electron chi connectivity index (χ4n) is 4.21. The van der Waals surface area contributed by atoms with Gasteiger partial charge in [0.15, 0.2) is 0 Å². The van der Waals surface area contributed by atoms with Gasteiger partial charge in [-0.05, 0) is 73.9 Å². The molecule has 2 rings (SSSR count). The maximum absolute atomic E-state index is 13.1. The van der Waals surface area contributed by atoms with Gasteiger partial charge in [0.1, 0.15) is 0 Å². The van der Waals surface area contributed by atoms with E-state index in [-0.39, 0.29) is 0 Å². The third-order valence-electron chi connectivity index (χ3n) is 6.00. The van der Waals surface area contributed by atoms with Crippen molar-refractivity contribution in [3.63, 3.8) is 0 Å². The van der Waals surface area contributed by atoms with Crippen LogP contribution in [0.3, 0.4) is 0 Å². The molecule has 0 saturated heterocycles. The molecule has 0 radical (unpaired) electrons. The molecule has 2 nitrogen and oxygen atoms in total. The predicted octanol–water partition coefficient (Wildman–Crippen LogP) is 8.66. The van der Waals surface area contributed by atoms with Crippen molar-refractivity contribution in [2.75, 3.05) is 0 Å². The molecule has 0 aliphatic rings. The van der Waals surface area contributed by atoms with Gasteiger partial charge >= 0.3 is 0 Å². The van der Waals surface area contributed by atoms with Crippen LogP contribution in [0.1, 0.15) is 90.2 Å². The molecule has 0 heterocycles. The molecule has 0 spiro atoms. The fraction of sp³-hybridized carbons (Fsp3) is 0.467. The summed E-state index contributed by atoms with van der Waals surface area (Å²) in [7, 11) is -3.50. The number of benzene rings is 2. The Morgan fingerprint density at radius 2 is 0.879 bits per heavy atom. The van der Waals surface area contributed by atoms with Crippen molar-refractivity contribution in [1.29, 1.82) is 0 Å². The van der Waals surface area contributed by atoms with E-state index in [2.05, 4.69) is 39.8 Å². The van der Waals surface area contributed by atoms with Gasteiger partial charge in [0, 0.05) is 0 Å². The molecule has 0 atom stereocenters. The molecule has 3 heteroatoms. The molecule has 0 saturated carbocycles. The Morgan fingerprint density at radius 1 is 0.576 bits per heavy atom. The Bertz CT molecular complexity index is 901. The van der Waals surface area contributed by atoms with Crippen LogP contribution in [0.25, 0.3) is 0 Å². The topological polar surface area (TPSA) is 34.1 Å². The molecule has 0 aliphatic carbocycles. The lowest BCUT2D eigenvalue weighted by atomic mass is 10.0. The average molecular weight is 467 g/mol. The first-order valence-corrected chi connectivity index (χ1v) is 14.2. The minimum Gasteiger partial charge on any atom is -0.219 e. The van der Waals surface area contributed by atoms with E-state index in [4.69, 9.17) is 0 Å². The van der Waals surface area contributed by atoms with Crippen LogP contribution in [-0.4, -0.2) is 8.42 Å². The Labute approximate surface area is 202 Å². The largest absolute Gasteiger partial charge is 0.219 e. The molecule has 0 bridgehead atoms. The van der Waals surface area contributed by atoms with Crippen LogP contribution >= 0.6 is 0 Å². The Morgan fingerprint density at radius 3 is 1.15 bits per heavy atom. The van der Waals surface area contributed by atoms with E-state index in [9.17, 15) is 8.42 Å². The number of hydrogen-bond acceptors (Lipinski definition) is 2. The lowest BCUT2D eigenvalue weighted by molar-refractivity contribution is 0.596. The van der Waals surface area contributed by atoms with Crippen LogP contribution in [0.4, 0.5) is 0 Å². The lowest BCUT2D eigenvalue weighted by Gasteiger charge is -2.08. The molecule has 2 aromatic rings. The van der Waals surface area contributed by atoms with E-state index < -0.39 is 9.84 Å². The molecule has 2 aromatic carbocycles. The number of allylic oxidation sites excluding steroid dienone is 4. The van der Waals surface area contributed by atoms with E-state index in [0.29, 0.717) is 9.79 Å². The zero-order valence-electron chi connectivity index (χ0n) is 21.1. The molecule has 0 unspecified atom stereocenters. The van der Waals surface area contributed by atoms with Crippen molar-refractivity contribution in [2.45, 2.75) is 102 Å². The van der Waals surface area contributed by atoms with Gasteiger partial charge in [-0.15, -0.1) is 0 Å². The van der Waals surface area contributed by atoms with Gasteiger partial charge in [-0.2, -0.15) is 0 Å². The quantitative estimate of drug-likeness (QED) is 0.261. The van der Waals surface area contributed by atoms with Crippen molar-refractivity contribution in [1.82, 2.24) is 0 Å². The standard InChI is InChI=1S/C30H42O2S/c1-5-9-25(10-6-2)13-15-27-17-21-29(22-18-27)33(31,32)30-23-19-28(20-24-30)16-14-26(11-7-3)12-8-4/h13-14,17-24H,5-12,15-16H2,1-4H3. The van der Waals surface area contributed by atoms with Gasteiger partial charge in [0.2, 0.25) is 9.84 Å². The summed E-state index contributed by atoms with van der Waals surface area (Å²) in [6.07, 6.45) is 15.6. The maximum Gasteiger partial charge on any atom is 0.206 e. The molecule has 0 amide bonds. The van der Waals surface area contributed by atoms with Gasteiger partial charge in [-0.3, -0.25) is 0 Å². The average Bonchev–Trinajstić information content (AvgIpc) is 2.82. The first kappa shape index (κ1) is 27.1. The summed E-state index contributed by atoms with van der Waals surface area (Å²) >= 11 is 0. The van der Waals surface area contributed by atoms with Gasteiger partial charge < -0.3 is 0 Å². The second-order valence-electron chi connectivity index (χ2n) is 8.92.